The number of hydrogen-bond donors (Lipinski definition) is 1. The van der Waals surface area contributed by atoms with E-state index in [0.29, 0.717) is 29.7 Å². The maximum Gasteiger partial charge on any atom is 0.276 e. The molecule has 0 saturated heterocycles. The summed E-state index contributed by atoms with van der Waals surface area (Å²) in [7, 11) is 0. The van der Waals surface area contributed by atoms with Crippen LogP contribution in [0.25, 0.3) is 0 Å². The number of hydrogen-bond acceptors (Lipinski definition) is 5. The Morgan fingerprint density at radius 3 is 2.44 bits per heavy atom. The van der Waals surface area contributed by atoms with Gasteiger partial charge in [0.15, 0.2) is 11.4 Å². The van der Waals surface area contributed by atoms with Gasteiger partial charge in [-0.05, 0) is 37.3 Å². The molecule has 0 saturated carbocycles. The minimum Gasteiger partial charge on any atom is -0.477 e. The molecule has 1 amide bonds. The molecule has 126 valence electrons. The van der Waals surface area contributed by atoms with Crippen molar-refractivity contribution in [2.75, 3.05) is 11.9 Å². The summed E-state index contributed by atoms with van der Waals surface area (Å²) in [5.74, 6) is 1.23. The summed E-state index contributed by atoms with van der Waals surface area (Å²) in [5.41, 5.74) is 0.741. The predicted octanol–water partition coefficient (Wildman–Crippen LogP) is 3.92. The molecule has 0 unspecified atom stereocenters. The number of rotatable bonds is 6. The van der Waals surface area contributed by atoms with Crippen molar-refractivity contribution in [3.63, 3.8) is 0 Å². The van der Waals surface area contributed by atoms with Crippen molar-refractivity contribution in [1.29, 1.82) is 0 Å². The van der Waals surface area contributed by atoms with Gasteiger partial charge < -0.3 is 14.8 Å². The summed E-state index contributed by atoms with van der Waals surface area (Å²) < 4.78 is 11.0. The molecule has 6 nitrogen and oxygen atoms in total. The van der Waals surface area contributed by atoms with E-state index in [4.69, 9.17) is 9.47 Å². The molecular formula is C19H17N3O3. The van der Waals surface area contributed by atoms with Crippen LogP contribution in [0.5, 0.6) is 17.4 Å². The highest BCUT2D eigenvalue weighted by molar-refractivity contribution is 6.03. The van der Waals surface area contributed by atoms with E-state index in [0.717, 1.165) is 0 Å². The van der Waals surface area contributed by atoms with Crippen LogP contribution in [0.3, 0.4) is 0 Å². The molecule has 0 aliphatic heterocycles. The van der Waals surface area contributed by atoms with Crippen molar-refractivity contribution < 1.29 is 14.3 Å². The lowest BCUT2D eigenvalue weighted by Gasteiger charge is -2.12. The molecule has 2 aromatic carbocycles. The van der Waals surface area contributed by atoms with Gasteiger partial charge in [0.1, 0.15) is 5.75 Å². The predicted molar refractivity (Wildman–Crippen MR) is 94.1 cm³/mol. The fraction of sp³-hybridized carbons (Fsp3) is 0.105. The average molecular weight is 335 g/mol. The quantitative estimate of drug-likeness (QED) is 0.739. The molecule has 0 aliphatic carbocycles. The Balaban J connectivity index is 1.75. The number of carbonyl (C=O) groups excluding carboxylic acids is 1. The van der Waals surface area contributed by atoms with E-state index < -0.39 is 0 Å². The second-order valence-corrected chi connectivity index (χ2v) is 5.06. The molecule has 1 heterocycles. The Hall–Kier alpha value is -3.41. The van der Waals surface area contributed by atoms with Gasteiger partial charge in [0.05, 0.1) is 12.3 Å². The summed E-state index contributed by atoms with van der Waals surface area (Å²) in [6, 6.07) is 19.7. The van der Waals surface area contributed by atoms with E-state index >= 15 is 0 Å². The highest BCUT2D eigenvalue weighted by Crippen LogP contribution is 2.29. The zero-order valence-electron chi connectivity index (χ0n) is 13.7. The standard InChI is InChI=1S/C19H17N3O3/c1-2-24-18-13-12-16(21-22-18)19(23)20-15-10-6-7-11-17(15)25-14-8-4-3-5-9-14/h3-13H,2H2,1H3,(H,20,23). The topological polar surface area (TPSA) is 73.3 Å². The number of nitrogens with zero attached hydrogens (tertiary/aromatic N) is 2. The van der Waals surface area contributed by atoms with Crippen LogP contribution >= 0.6 is 0 Å². The van der Waals surface area contributed by atoms with Crippen LogP contribution in [0, 0.1) is 0 Å². The number of amides is 1. The summed E-state index contributed by atoms with van der Waals surface area (Å²) in [4.78, 5) is 12.4. The maximum absolute atomic E-state index is 12.4. The third kappa shape index (κ3) is 4.32. The molecule has 1 N–H and O–H groups in total. The Morgan fingerprint density at radius 1 is 0.960 bits per heavy atom. The highest BCUT2D eigenvalue weighted by Gasteiger charge is 2.12. The number of carbonyl (C=O) groups is 1. The van der Waals surface area contributed by atoms with Crippen LogP contribution < -0.4 is 14.8 Å². The van der Waals surface area contributed by atoms with Gasteiger partial charge in [-0.25, -0.2) is 0 Å². The van der Waals surface area contributed by atoms with Crippen LogP contribution in [0.4, 0.5) is 5.69 Å². The molecule has 0 bridgehead atoms. The molecule has 0 radical (unpaired) electrons. The lowest BCUT2D eigenvalue weighted by molar-refractivity contribution is 0.102. The van der Waals surface area contributed by atoms with E-state index in [9.17, 15) is 4.79 Å². The van der Waals surface area contributed by atoms with Crippen LogP contribution in [-0.4, -0.2) is 22.7 Å². The molecule has 0 aliphatic rings. The maximum atomic E-state index is 12.4. The van der Waals surface area contributed by atoms with Crippen LogP contribution in [-0.2, 0) is 0 Å². The molecule has 0 spiro atoms. The summed E-state index contributed by atoms with van der Waals surface area (Å²) >= 11 is 0. The second kappa shape index (κ2) is 7.92. The number of benzene rings is 2. The molecule has 0 fully saturated rings. The number of nitrogens with one attached hydrogen (secondary N) is 1. The normalized spacial score (nSPS) is 10.1. The zero-order valence-corrected chi connectivity index (χ0v) is 13.7. The third-order valence-electron chi connectivity index (χ3n) is 3.27. The van der Waals surface area contributed by atoms with Crippen molar-refractivity contribution in [3.8, 4) is 17.4 Å². The Kier molecular flexibility index (Phi) is 5.21. The van der Waals surface area contributed by atoms with Gasteiger partial charge in [0, 0.05) is 6.07 Å². The van der Waals surface area contributed by atoms with Gasteiger partial charge in [0.2, 0.25) is 5.88 Å². The average Bonchev–Trinajstić information content (AvgIpc) is 2.65. The smallest absolute Gasteiger partial charge is 0.276 e. The van der Waals surface area contributed by atoms with Crippen LogP contribution in [0.15, 0.2) is 66.7 Å². The van der Waals surface area contributed by atoms with Crippen molar-refractivity contribution in [2.24, 2.45) is 0 Å². The van der Waals surface area contributed by atoms with Crippen molar-refractivity contribution >= 4 is 11.6 Å². The van der Waals surface area contributed by atoms with E-state index in [2.05, 4.69) is 15.5 Å². The van der Waals surface area contributed by atoms with E-state index in [1.54, 1.807) is 24.3 Å². The van der Waals surface area contributed by atoms with Gasteiger partial charge in [-0.15, -0.1) is 10.2 Å². The first-order chi connectivity index (χ1) is 12.3. The molecule has 3 aromatic rings. The second-order valence-electron chi connectivity index (χ2n) is 5.06. The molecule has 3 rings (SSSR count). The Morgan fingerprint density at radius 2 is 1.72 bits per heavy atom. The van der Waals surface area contributed by atoms with Gasteiger partial charge >= 0.3 is 0 Å². The summed E-state index contributed by atoms with van der Waals surface area (Å²) in [6.45, 7) is 2.34. The third-order valence-corrected chi connectivity index (χ3v) is 3.27. The minimum absolute atomic E-state index is 0.193. The fourth-order valence-electron chi connectivity index (χ4n) is 2.13. The molecular weight excluding hydrogens is 318 g/mol. The van der Waals surface area contributed by atoms with Crippen molar-refractivity contribution in [2.45, 2.75) is 6.92 Å². The first kappa shape index (κ1) is 16.4. The fourth-order valence-corrected chi connectivity index (χ4v) is 2.13. The molecule has 0 atom stereocenters. The largest absolute Gasteiger partial charge is 0.477 e. The molecule has 6 heteroatoms. The van der Waals surface area contributed by atoms with Gasteiger partial charge in [-0.3, -0.25) is 4.79 Å². The number of anilines is 1. The Bertz CT molecular complexity index is 836. The molecule has 1 aromatic heterocycles. The zero-order chi connectivity index (χ0) is 17.5. The summed E-state index contributed by atoms with van der Waals surface area (Å²) in [6.07, 6.45) is 0. The van der Waals surface area contributed by atoms with E-state index in [-0.39, 0.29) is 11.6 Å². The SMILES string of the molecule is CCOc1ccc(C(=O)Nc2ccccc2Oc2ccccc2)nn1. The first-order valence-corrected chi connectivity index (χ1v) is 7.86. The van der Waals surface area contributed by atoms with Crippen molar-refractivity contribution in [3.05, 3.63) is 72.4 Å². The van der Waals surface area contributed by atoms with E-state index in [1.165, 1.54) is 0 Å². The van der Waals surface area contributed by atoms with Gasteiger partial charge in [-0.2, -0.15) is 0 Å². The number of para-hydroxylation sites is 3. The van der Waals surface area contributed by atoms with Crippen LogP contribution in [0.1, 0.15) is 17.4 Å². The Labute approximate surface area is 145 Å². The number of ether oxygens (including phenoxy) is 2. The lowest BCUT2D eigenvalue weighted by atomic mass is 10.2. The monoisotopic (exact) mass is 335 g/mol. The molecule has 25 heavy (non-hydrogen) atoms. The van der Waals surface area contributed by atoms with E-state index in [1.807, 2.05) is 49.4 Å². The van der Waals surface area contributed by atoms with Crippen LogP contribution in [0.2, 0.25) is 0 Å². The first-order valence-electron chi connectivity index (χ1n) is 7.86. The van der Waals surface area contributed by atoms with Crippen molar-refractivity contribution in [1.82, 2.24) is 10.2 Å². The van der Waals surface area contributed by atoms with Gasteiger partial charge in [0.25, 0.3) is 5.91 Å². The van der Waals surface area contributed by atoms with Gasteiger partial charge in [-0.1, -0.05) is 30.3 Å². The lowest BCUT2D eigenvalue weighted by Crippen LogP contribution is -2.15. The summed E-state index contributed by atoms with van der Waals surface area (Å²) in [5, 5.41) is 10.5. The number of aromatic nitrogens is 2. The highest BCUT2D eigenvalue weighted by atomic mass is 16.5. The minimum atomic E-state index is -0.375.